The van der Waals surface area contributed by atoms with Crippen molar-refractivity contribution in [1.82, 2.24) is 19.8 Å². The molecule has 2 fully saturated rings. The van der Waals surface area contributed by atoms with Gasteiger partial charge in [-0.3, -0.25) is 4.98 Å². The van der Waals surface area contributed by atoms with Gasteiger partial charge >= 0.3 is 0 Å². The van der Waals surface area contributed by atoms with E-state index in [0.717, 1.165) is 43.3 Å². The molecule has 3 atom stereocenters. The molecule has 2 aliphatic rings. The number of nitrogens with one attached hydrogen (secondary N) is 1. The van der Waals surface area contributed by atoms with E-state index < -0.39 is 0 Å². The molecule has 0 aromatic carbocycles. The van der Waals surface area contributed by atoms with Crippen molar-refractivity contribution >= 4 is 17.3 Å². The van der Waals surface area contributed by atoms with E-state index in [0.29, 0.717) is 12.0 Å². The van der Waals surface area contributed by atoms with Crippen LogP contribution in [-0.4, -0.2) is 38.8 Å². The first-order valence-corrected chi connectivity index (χ1v) is 10.3. The lowest BCUT2D eigenvalue weighted by Crippen LogP contribution is -2.34. The molecule has 27 heavy (non-hydrogen) atoms. The highest BCUT2D eigenvalue weighted by molar-refractivity contribution is 7.80. The van der Waals surface area contributed by atoms with Gasteiger partial charge in [0.2, 0.25) is 0 Å². The Morgan fingerprint density at radius 1 is 1.30 bits per heavy atom. The van der Waals surface area contributed by atoms with Crippen LogP contribution in [0.15, 0.2) is 42.7 Å². The van der Waals surface area contributed by atoms with E-state index >= 15 is 0 Å². The summed E-state index contributed by atoms with van der Waals surface area (Å²) in [6, 6.07) is 10.6. The van der Waals surface area contributed by atoms with Crippen LogP contribution in [0.3, 0.4) is 0 Å². The summed E-state index contributed by atoms with van der Waals surface area (Å²) in [6.07, 6.45) is 6.63. The highest BCUT2D eigenvalue weighted by Crippen LogP contribution is 2.39. The Morgan fingerprint density at radius 3 is 2.89 bits per heavy atom. The zero-order valence-corrected chi connectivity index (χ0v) is 16.9. The molecule has 144 valence electrons. The minimum Gasteiger partial charge on any atom is -0.376 e. The summed E-state index contributed by atoms with van der Waals surface area (Å²) in [5.74, 6) is 0.524. The van der Waals surface area contributed by atoms with Gasteiger partial charge < -0.3 is 19.5 Å². The molecule has 5 nitrogen and oxygen atoms in total. The molecular weight excluding hydrogens is 356 g/mol. The van der Waals surface area contributed by atoms with Crippen LogP contribution in [0.25, 0.3) is 0 Å². The van der Waals surface area contributed by atoms with E-state index in [1.807, 2.05) is 18.3 Å². The van der Waals surface area contributed by atoms with Gasteiger partial charge in [0.15, 0.2) is 5.11 Å². The topological polar surface area (TPSA) is 42.3 Å². The summed E-state index contributed by atoms with van der Waals surface area (Å²) >= 11 is 5.73. The standard InChI is InChI=1S/C21H28N4OS/c1-15(2)13-25-20(19(23-21(25)27)17-8-3-4-10-22-17)18-9-5-11-24(18)14-16-7-6-12-26-16/h3-5,8-11,15-16,19-20H,6-7,12-14H2,1-2H3,(H,23,27)/t16-,19+,20-/m0/s1. The average Bonchev–Trinajstić information content (AvgIpc) is 3.38. The van der Waals surface area contributed by atoms with Gasteiger partial charge in [-0.1, -0.05) is 19.9 Å². The zero-order chi connectivity index (χ0) is 18.8. The Bertz CT molecular complexity index is 769. The molecule has 0 radical (unpaired) electrons. The normalized spacial score (nSPS) is 25.4. The van der Waals surface area contributed by atoms with Gasteiger partial charge in [-0.25, -0.2) is 0 Å². The SMILES string of the molecule is CC(C)CN1C(=S)N[C@H](c2ccccn2)[C@@H]1c1cccn1C[C@@H]1CCCO1. The second-order valence-electron chi connectivity index (χ2n) is 7.89. The Kier molecular flexibility index (Phi) is 5.45. The molecule has 0 bridgehead atoms. The largest absolute Gasteiger partial charge is 0.376 e. The van der Waals surface area contributed by atoms with Crippen LogP contribution < -0.4 is 5.32 Å². The first-order chi connectivity index (χ1) is 13.1. The van der Waals surface area contributed by atoms with Crippen LogP contribution in [-0.2, 0) is 11.3 Å². The fourth-order valence-corrected chi connectivity index (χ4v) is 4.50. The predicted molar refractivity (Wildman–Crippen MR) is 110 cm³/mol. The van der Waals surface area contributed by atoms with Gasteiger partial charge in [0.05, 0.1) is 23.9 Å². The van der Waals surface area contributed by atoms with Crippen molar-refractivity contribution in [3.8, 4) is 0 Å². The van der Waals surface area contributed by atoms with Crippen LogP contribution >= 0.6 is 12.2 Å². The number of pyridine rings is 1. The second kappa shape index (κ2) is 7.98. The highest BCUT2D eigenvalue weighted by Gasteiger charge is 2.41. The number of rotatable bonds is 6. The van der Waals surface area contributed by atoms with Gasteiger partial charge in [0.25, 0.3) is 0 Å². The molecule has 2 aromatic rings. The highest BCUT2D eigenvalue weighted by atomic mass is 32.1. The molecule has 2 aliphatic heterocycles. The zero-order valence-electron chi connectivity index (χ0n) is 16.0. The van der Waals surface area contributed by atoms with Gasteiger partial charge in [0, 0.05) is 37.8 Å². The Hall–Kier alpha value is -1.92. The van der Waals surface area contributed by atoms with Crippen molar-refractivity contribution < 1.29 is 4.74 Å². The first-order valence-electron chi connectivity index (χ1n) is 9.88. The molecule has 2 aromatic heterocycles. The molecule has 6 heteroatoms. The summed E-state index contributed by atoms with van der Waals surface area (Å²) < 4.78 is 8.23. The monoisotopic (exact) mass is 384 g/mol. The van der Waals surface area contributed by atoms with E-state index in [9.17, 15) is 0 Å². The summed E-state index contributed by atoms with van der Waals surface area (Å²) in [7, 11) is 0. The van der Waals surface area contributed by atoms with E-state index in [4.69, 9.17) is 17.0 Å². The summed E-state index contributed by atoms with van der Waals surface area (Å²) in [6.45, 7) is 7.17. The smallest absolute Gasteiger partial charge is 0.170 e. The average molecular weight is 385 g/mol. The van der Waals surface area contributed by atoms with E-state index in [2.05, 4.69) is 58.0 Å². The van der Waals surface area contributed by atoms with Crippen LogP contribution in [0.5, 0.6) is 0 Å². The van der Waals surface area contributed by atoms with Crippen molar-refractivity contribution in [2.75, 3.05) is 13.2 Å². The van der Waals surface area contributed by atoms with E-state index in [1.165, 1.54) is 5.69 Å². The van der Waals surface area contributed by atoms with Gasteiger partial charge in [-0.05, 0) is 55.2 Å². The third kappa shape index (κ3) is 3.87. The maximum absolute atomic E-state index is 5.88. The fourth-order valence-electron chi connectivity index (χ4n) is 4.19. The van der Waals surface area contributed by atoms with Gasteiger partial charge in [-0.2, -0.15) is 0 Å². The molecule has 0 aliphatic carbocycles. The lowest BCUT2D eigenvalue weighted by molar-refractivity contribution is 0.0952. The maximum Gasteiger partial charge on any atom is 0.170 e. The Labute approximate surface area is 166 Å². The molecule has 2 saturated heterocycles. The van der Waals surface area contributed by atoms with Crippen LogP contribution in [0.4, 0.5) is 0 Å². The van der Waals surface area contributed by atoms with Gasteiger partial charge in [0.1, 0.15) is 0 Å². The van der Waals surface area contributed by atoms with Crippen LogP contribution in [0.1, 0.15) is 50.2 Å². The van der Waals surface area contributed by atoms with Crippen molar-refractivity contribution in [1.29, 1.82) is 0 Å². The number of ether oxygens (including phenoxy) is 1. The molecule has 0 spiro atoms. The second-order valence-corrected chi connectivity index (χ2v) is 8.28. The lowest BCUT2D eigenvalue weighted by atomic mass is 10.0. The van der Waals surface area contributed by atoms with E-state index in [1.54, 1.807) is 0 Å². The third-order valence-electron chi connectivity index (χ3n) is 5.35. The van der Waals surface area contributed by atoms with E-state index in [-0.39, 0.29) is 12.1 Å². The molecule has 4 rings (SSSR count). The van der Waals surface area contributed by atoms with Gasteiger partial charge in [-0.15, -0.1) is 0 Å². The first kappa shape index (κ1) is 18.4. The molecular formula is C21H28N4OS. The summed E-state index contributed by atoms with van der Waals surface area (Å²) in [5.41, 5.74) is 2.30. The Balaban J connectivity index is 1.68. The maximum atomic E-state index is 5.88. The Morgan fingerprint density at radius 2 is 2.19 bits per heavy atom. The van der Waals surface area contributed by atoms with Crippen molar-refractivity contribution in [2.45, 2.75) is 51.4 Å². The van der Waals surface area contributed by atoms with Crippen molar-refractivity contribution in [3.63, 3.8) is 0 Å². The summed E-state index contributed by atoms with van der Waals surface area (Å²) in [4.78, 5) is 6.95. The van der Waals surface area contributed by atoms with Crippen molar-refractivity contribution in [3.05, 3.63) is 54.1 Å². The van der Waals surface area contributed by atoms with Crippen molar-refractivity contribution in [2.24, 2.45) is 5.92 Å². The third-order valence-corrected chi connectivity index (χ3v) is 5.70. The number of thiocarbonyl (C=S) groups is 1. The summed E-state index contributed by atoms with van der Waals surface area (Å²) in [5, 5.41) is 4.35. The molecule has 0 amide bonds. The molecule has 0 saturated carbocycles. The van der Waals surface area contributed by atoms with Crippen LogP contribution in [0.2, 0.25) is 0 Å². The lowest BCUT2D eigenvalue weighted by Gasteiger charge is -2.30. The number of hydrogen-bond donors (Lipinski definition) is 1. The molecule has 0 unspecified atom stereocenters. The fraction of sp³-hybridized carbons (Fsp3) is 0.524. The number of nitrogens with zero attached hydrogens (tertiary/aromatic N) is 3. The quantitative estimate of drug-likeness (QED) is 0.770. The predicted octanol–water partition coefficient (Wildman–Crippen LogP) is 3.69. The molecule has 4 heterocycles. The minimum absolute atomic E-state index is 0.0515. The minimum atomic E-state index is 0.0515. The molecule has 1 N–H and O–H groups in total. The van der Waals surface area contributed by atoms with Crippen LogP contribution in [0, 0.1) is 5.92 Å². The number of hydrogen-bond acceptors (Lipinski definition) is 3. The number of aromatic nitrogens is 2.